The smallest absolute Gasteiger partial charge is 0.273 e. The van der Waals surface area contributed by atoms with Crippen LogP contribution in [0.1, 0.15) is 40.3 Å². The standard InChI is InChI=1S/C26H25N3O5/c1-4-33-20-12-9-17(14-21(20)32-3)25-22-23(16-7-10-18(31-2)11-8-16)27-28-24(22)26(30)29(25)15-19-6-5-13-34-19/h5-14,25H,4,15H2,1-3H3,(H,27,28). The average Bonchev–Trinajstić information content (AvgIpc) is 3.59. The van der Waals surface area contributed by atoms with E-state index in [0.29, 0.717) is 41.8 Å². The molecule has 4 aromatic rings. The summed E-state index contributed by atoms with van der Waals surface area (Å²) in [5, 5.41) is 7.49. The van der Waals surface area contributed by atoms with Gasteiger partial charge in [-0.25, -0.2) is 0 Å². The fourth-order valence-corrected chi connectivity index (χ4v) is 4.37. The van der Waals surface area contributed by atoms with Gasteiger partial charge in [0.05, 0.1) is 45.4 Å². The molecule has 1 atom stereocenters. The van der Waals surface area contributed by atoms with Gasteiger partial charge in [0.25, 0.3) is 5.91 Å². The third-order valence-corrected chi connectivity index (χ3v) is 5.94. The topological polar surface area (TPSA) is 89.8 Å². The molecule has 1 aliphatic rings. The second-order valence-corrected chi connectivity index (χ2v) is 7.85. The number of H-pyrrole nitrogens is 1. The number of amides is 1. The van der Waals surface area contributed by atoms with Gasteiger partial charge in [0.15, 0.2) is 11.5 Å². The molecule has 2 aromatic heterocycles. The van der Waals surface area contributed by atoms with E-state index in [2.05, 4.69) is 10.2 Å². The number of carbonyl (C=O) groups excluding carboxylic acids is 1. The summed E-state index contributed by atoms with van der Waals surface area (Å²) in [7, 11) is 3.23. The molecule has 8 nitrogen and oxygen atoms in total. The van der Waals surface area contributed by atoms with Gasteiger partial charge in [0.1, 0.15) is 17.2 Å². The van der Waals surface area contributed by atoms with Crippen molar-refractivity contribution in [2.45, 2.75) is 19.5 Å². The van der Waals surface area contributed by atoms with E-state index in [9.17, 15) is 4.79 Å². The Kier molecular flexibility index (Phi) is 5.71. The zero-order valence-corrected chi connectivity index (χ0v) is 19.2. The second-order valence-electron chi connectivity index (χ2n) is 7.85. The summed E-state index contributed by atoms with van der Waals surface area (Å²) in [6.45, 7) is 2.76. The van der Waals surface area contributed by atoms with Crippen molar-refractivity contribution < 1.29 is 23.4 Å². The van der Waals surface area contributed by atoms with Crippen molar-refractivity contribution in [3.8, 4) is 28.5 Å². The van der Waals surface area contributed by atoms with Crippen LogP contribution in [0.2, 0.25) is 0 Å². The lowest BCUT2D eigenvalue weighted by Crippen LogP contribution is -2.29. The first-order valence-corrected chi connectivity index (χ1v) is 11.0. The van der Waals surface area contributed by atoms with Crippen molar-refractivity contribution in [3.05, 3.63) is 83.4 Å². The molecule has 1 N–H and O–H groups in total. The highest BCUT2D eigenvalue weighted by Gasteiger charge is 2.42. The average molecular weight is 460 g/mol. The van der Waals surface area contributed by atoms with E-state index in [0.717, 1.165) is 22.4 Å². The minimum atomic E-state index is -0.395. The second kappa shape index (κ2) is 8.97. The molecule has 1 aliphatic heterocycles. The first-order valence-electron chi connectivity index (χ1n) is 11.0. The molecule has 174 valence electrons. The summed E-state index contributed by atoms with van der Waals surface area (Å²) in [5.41, 5.74) is 3.76. The van der Waals surface area contributed by atoms with Gasteiger partial charge in [0.2, 0.25) is 0 Å². The Morgan fingerprint density at radius 1 is 1.06 bits per heavy atom. The van der Waals surface area contributed by atoms with E-state index < -0.39 is 6.04 Å². The molecule has 1 amide bonds. The first kappa shape index (κ1) is 21.6. The van der Waals surface area contributed by atoms with Gasteiger partial charge in [-0.3, -0.25) is 9.89 Å². The van der Waals surface area contributed by atoms with Crippen LogP contribution >= 0.6 is 0 Å². The summed E-state index contributed by atoms with van der Waals surface area (Å²) < 4.78 is 22.1. The molecule has 0 bridgehead atoms. The maximum Gasteiger partial charge on any atom is 0.273 e. The van der Waals surface area contributed by atoms with Gasteiger partial charge in [-0.15, -0.1) is 0 Å². The largest absolute Gasteiger partial charge is 0.497 e. The number of aromatic amines is 1. The molecule has 0 spiro atoms. The van der Waals surface area contributed by atoms with Crippen LogP contribution in [0.3, 0.4) is 0 Å². The molecular formula is C26H25N3O5. The van der Waals surface area contributed by atoms with Crippen LogP contribution in [-0.2, 0) is 6.54 Å². The Hall–Kier alpha value is -4.20. The number of hydrogen-bond donors (Lipinski definition) is 1. The number of furan rings is 1. The monoisotopic (exact) mass is 459 g/mol. The molecule has 5 rings (SSSR count). The Balaban J connectivity index is 1.64. The molecule has 0 saturated carbocycles. The summed E-state index contributed by atoms with van der Waals surface area (Å²) in [6.07, 6.45) is 1.61. The number of ether oxygens (including phenoxy) is 3. The summed E-state index contributed by atoms with van der Waals surface area (Å²) in [4.78, 5) is 15.3. The molecule has 1 unspecified atom stereocenters. The van der Waals surface area contributed by atoms with Crippen LogP contribution in [0.25, 0.3) is 11.3 Å². The third-order valence-electron chi connectivity index (χ3n) is 5.94. The molecule has 0 saturated heterocycles. The van der Waals surface area contributed by atoms with Crippen LogP contribution in [0.4, 0.5) is 0 Å². The van der Waals surface area contributed by atoms with Crippen molar-refractivity contribution in [3.63, 3.8) is 0 Å². The predicted molar refractivity (Wildman–Crippen MR) is 125 cm³/mol. The number of rotatable bonds is 8. The maximum atomic E-state index is 13.5. The van der Waals surface area contributed by atoms with E-state index in [-0.39, 0.29) is 5.91 Å². The normalized spacial score (nSPS) is 14.9. The quantitative estimate of drug-likeness (QED) is 0.406. The number of nitrogens with zero attached hydrogens (tertiary/aromatic N) is 2. The highest BCUT2D eigenvalue weighted by molar-refractivity contribution is 6.00. The molecule has 0 radical (unpaired) electrons. The molecule has 34 heavy (non-hydrogen) atoms. The first-order chi connectivity index (χ1) is 16.6. The summed E-state index contributed by atoms with van der Waals surface area (Å²) >= 11 is 0. The number of nitrogens with one attached hydrogen (secondary N) is 1. The van der Waals surface area contributed by atoms with Gasteiger partial charge in [-0.2, -0.15) is 5.10 Å². The predicted octanol–water partition coefficient (Wildman–Crippen LogP) is 4.83. The Morgan fingerprint density at radius 3 is 2.56 bits per heavy atom. The summed E-state index contributed by atoms with van der Waals surface area (Å²) in [5.74, 6) is 2.56. The van der Waals surface area contributed by atoms with E-state index >= 15 is 0 Å². The molecule has 2 aromatic carbocycles. The molecule has 8 heteroatoms. The van der Waals surface area contributed by atoms with Crippen molar-refractivity contribution in [1.29, 1.82) is 0 Å². The summed E-state index contributed by atoms with van der Waals surface area (Å²) in [6, 6.07) is 16.7. The third kappa shape index (κ3) is 3.67. The molecule has 0 aliphatic carbocycles. The minimum Gasteiger partial charge on any atom is -0.497 e. The Bertz CT molecular complexity index is 1290. The van der Waals surface area contributed by atoms with Gasteiger partial charge >= 0.3 is 0 Å². The zero-order chi connectivity index (χ0) is 23.7. The van der Waals surface area contributed by atoms with Crippen molar-refractivity contribution >= 4 is 5.91 Å². The SMILES string of the molecule is CCOc1ccc(C2c3c(-c4ccc(OC)cc4)n[nH]c3C(=O)N2Cc2ccco2)cc1OC. The molecular weight excluding hydrogens is 434 g/mol. The number of benzene rings is 2. The minimum absolute atomic E-state index is 0.142. The lowest BCUT2D eigenvalue weighted by molar-refractivity contribution is 0.0716. The van der Waals surface area contributed by atoms with Crippen LogP contribution in [-0.4, -0.2) is 41.8 Å². The highest BCUT2D eigenvalue weighted by Crippen LogP contribution is 2.45. The lowest BCUT2D eigenvalue weighted by Gasteiger charge is -2.26. The van der Waals surface area contributed by atoms with Crippen molar-refractivity contribution in [2.24, 2.45) is 0 Å². The van der Waals surface area contributed by atoms with Crippen LogP contribution in [0.15, 0.2) is 65.3 Å². The van der Waals surface area contributed by atoms with Crippen LogP contribution in [0, 0.1) is 0 Å². The van der Waals surface area contributed by atoms with Gasteiger partial charge in [-0.1, -0.05) is 6.07 Å². The molecule has 0 fully saturated rings. The highest BCUT2D eigenvalue weighted by atomic mass is 16.5. The molecule has 3 heterocycles. The number of hydrogen-bond acceptors (Lipinski definition) is 6. The fraction of sp³-hybridized carbons (Fsp3) is 0.231. The van der Waals surface area contributed by atoms with Gasteiger partial charge in [0, 0.05) is 11.1 Å². The maximum absolute atomic E-state index is 13.5. The Labute approximate surface area is 197 Å². The zero-order valence-electron chi connectivity index (χ0n) is 19.2. The van der Waals surface area contributed by atoms with E-state index in [1.807, 2.05) is 61.5 Å². The lowest BCUT2D eigenvalue weighted by atomic mass is 9.95. The van der Waals surface area contributed by atoms with Gasteiger partial charge in [-0.05, 0) is 61.0 Å². The van der Waals surface area contributed by atoms with Crippen LogP contribution in [0.5, 0.6) is 17.2 Å². The number of aromatic nitrogens is 2. The number of carbonyl (C=O) groups is 1. The van der Waals surface area contributed by atoms with Crippen molar-refractivity contribution in [2.75, 3.05) is 20.8 Å². The van der Waals surface area contributed by atoms with E-state index in [1.54, 1.807) is 25.4 Å². The van der Waals surface area contributed by atoms with Crippen LogP contribution < -0.4 is 14.2 Å². The van der Waals surface area contributed by atoms with E-state index in [4.69, 9.17) is 18.6 Å². The van der Waals surface area contributed by atoms with Crippen molar-refractivity contribution in [1.82, 2.24) is 15.1 Å². The fourth-order valence-electron chi connectivity index (χ4n) is 4.37. The Morgan fingerprint density at radius 2 is 1.88 bits per heavy atom. The number of methoxy groups -OCH3 is 2. The van der Waals surface area contributed by atoms with Gasteiger partial charge < -0.3 is 23.5 Å². The number of fused-ring (bicyclic) bond motifs is 1. The van der Waals surface area contributed by atoms with E-state index in [1.165, 1.54) is 0 Å².